The maximum absolute atomic E-state index is 12.3. The van der Waals surface area contributed by atoms with Crippen molar-refractivity contribution in [1.29, 1.82) is 0 Å². The summed E-state index contributed by atoms with van der Waals surface area (Å²) in [6.45, 7) is 0.684. The summed E-state index contributed by atoms with van der Waals surface area (Å²) < 4.78 is 36.7. The Kier molecular flexibility index (Phi) is 7.63. The molecule has 0 saturated heterocycles. The lowest BCUT2D eigenvalue weighted by atomic mass is 10.1. The number of methoxy groups -OCH3 is 1. The average molecular weight is 419 g/mol. The van der Waals surface area contributed by atoms with Crippen LogP contribution in [0.4, 0.5) is 0 Å². The highest BCUT2D eigenvalue weighted by atomic mass is 32.2. The van der Waals surface area contributed by atoms with Crippen LogP contribution in [0.2, 0.25) is 0 Å². The van der Waals surface area contributed by atoms with Crippen LogP contribution in [0, 0.1) is 0 Å². The third-order valence-electron chi connectivity index (χ3n) is 3.95. The fourth-order valence-corrected chi connectivity index (χ4v) is 3.41. The van der Waals surface area contributed by atoms with Gasteiger partial charge in [0, 0.05) is 17.7 Å². The number of sulfonamides is 1. The molecule has 2 rings (SSSR count). The molecule has 0 amide bonds. The van der Waals surface area contributed by atoms with E-state index in [0.29, 0.717) is 11.3 Å². The molecule has 0 aromatic heterocycles. The lowest BCUT2D eigenvalue weighted by Gasteiger charge is -2.08. The number of carbonyl (C=O) groups excluding carboxylic acids is 3. The van der Waals surface area contributed by atoms with Gasteiger partial charge in [-0.1, -0.05) is 12.1 Å². The molecular weight excluding hydrogens is 398 g/mol. The number of esters is 1. The molecule has 0 aliphatic carbocycles. The second-order valence-electron chi connectivity index (χ2n) is 6.04. The first-order valence-electron chi connectivity index (χ1n) is 8.66. The zero-order valence-corrected chi connectivity index (χ0v) is 16.8. The number of hydrogen-bond donors (Lipinski definition) is 1. The van der Waals surface area contributed by atoms with E-state index in [-0.39, 0.29) is 35.0 Å². The van der Waals surface area contributed by atoms with Crippen molar-refractivity contribution in [2.24, 2.45) is 0 Å². The molecule has 0 unspecified atom stereocenters. The second kappa shape index (κ2) is 9.94. The van der Waals surface area contributed by atoms with Crippen LogP contribution in [0.1, 0.15) is 34.1 Å². The molecule has 0 atom stereocenters. The maximum Gasteiger partial charge on any atom is 0.307 e. The van der Waals surface area contributed by atoms with Crippen LogP contribution in [0.5, 0.6) is 5.75 Å². The van der Waals surface area contributed by atoms with Gasteiger partial charge in [-0.2, -0.15) is 0 Å². The van der Waals surface area contributed by atoms with Crippen LogP contribution >= 0.6 is 0 Å². The molecule has 2 aromatic carbocycles. The van der Waals surface area contributed by atoms with Crippen molar-refractivity contribution in [1.82, 2.24) is 4.72 Å². The number of rotatable bonds is 10. The molecule has 2 aromatic rings. The highest BCUT2D eigenvalue weighted by Crippen LogP contribution is 2.13. The molecule has 0 fully saturated rings. The van der Waals surface area contributed by atoms with Crippen LogP contribution in [-0.2, 0) is 19.6 Å². The molecule has 29 heavy (non-hydrogen) atoms. The lowest BCUT2D eigenvalue weighted by Crippen LogP contribution is -2.27. The van der Waals surface area contributed by atoms with E-state index in [2.05, 4.69) is 4.72 Å². The number of Topliss-reactive ketones (excluding diaryl/α,β-unsaturated/α-hetero) is 2. The van der Waals surface area contributed by atoms with Gasteiger partial charge in [0.2, 0.25) is 10.0 Å². The summed E-state index contributed by atoms with van der Waals surface area (Å²) >= 11 is 0. The monoisotopic (exact) mass is 419 g/mol. The predicted octanol–water partition coefficient (Wildman–Crippen LogP) is 1.99. The van der Waals surface area contributed by atoms with Gasteiger partial charge in [-0.15, -0.1) is 0 Å². The molecule has 0 radical (unpaired) electrons. The summed E-state index contributed by atoms with van der Waals surface area (Å²) in [5.41, 5.74) is 0.633. The van der Waals surface area contributed by atoms with Gasteiger partial charge in [-0.25, -0.2) is 13.1 Å². The average Bonchev–Trinajstić information content (AvgIpc) is 2.72. The van der Waals surface area contributed by atoms with Gasteiger partial charge in [0.15, 0.2) is 18.2 Å². The van der Waals surface area contributed by atoms with Gasteiger partial charge in [0.1, 0.15) is 5.75 Å². The van der Waals surface area contributed by atoms with Crippen molar-refractivity contribution < 1.29 is 32.3 Å². The Labute approximate surface area is 168 Å². The van der Waals surface area contributed by atoms with E-state index in [0.717, 1.165) is 0 Å². The van der Waals surface area contributed by atoms with E-state index in [1.165, 1.54) is 38.3 Å². The fourth-order valence-electron chi connectivity index (χ4n) is 2.33. The van der Waals surface area contributed by atoms with E-state index in [1.807, 2.05) is 0 Å². The summed E-state index contributed by atoms with van der Waals surface area (Å²) in [5, 5.41) is 0. The van der Waals surface area contributed by atoms with Gasteiger partial charge in [0.05, 0.1) is 18.4 Å². The molecule has 0 spiro atoms. The lowest BCUT2D eigenvalue weighted by molar-refractivity contribution is -0.142. The van der Waals surface area contributed by atoms with Crippen molar-refractivity contribution in [3.63, 3.8) is 0 Å². The van der Waals surface area contributed by atoms with Gasteiger partial charge in [-0.3, -0.25) is 14.4 Å². The van der Waals surface area contributed by atoms with Crippen LogP contribution in [0.25, 0.3) is 0 Å². The third-order valence-corrected chi connectivity index (χ3v) is 5.41. The number of ether oxygens (including phenoxy) is 2. The minimum absolute atomic E-state index is 0.0757. The Morgan fingerprint density at radius 3 is 2.31 bits per heavy atom. The van der Waals surface area contributed by atoms with Gasteiger partial charge in [0.25, 0.3) is 0 Å². The van der Waals surface area contributed by atoms with Crippen molar-refractivity contribution in [2.75, 3.05) is 20.3 Å². The van der Waals surface area contributed by atoms with Crippen LogP contribution in [-0.4, -0.2) is 46.2 Å². The third kappa shape index (κ3) is 6.51. The predicted molar refractivity (Wildman–Crippen MR) is 105 cm³/mol. The molecule has 8 nitrogen and oxygen atoms in total. The summed E-state index contributed by atoms with van der Waals surface area (Å²) in [5.74, 6) is -0.762. The largest absolute Gasteiger partial charge is 0.497 e. The van der Waals surface area contributed by atoms with Gasteiger partial charge >= 0.3 is 5.97 Å². The summed E-state index contributed by atoms with van der Waals surface area (Å²) in [6, 6.07) is 11.9. The standard InChI is InChI=1S/C20H21NO7S/c1-14(22)16-4-3-5-18(12-16)29(25,26)21-11-10-20(24)28-13-19(23)15-6-8-17(27-2)9-7-15/h3-9,12,21H,10-11,13H2,1-2H3. The number of ketones is 2. The van der Waals surface area contributed by atoms with Gasteiger partial charge in [-0.05, 0) is 43.3 Å². The molecule has 9 heteroatoms. The highest BCUT2D eigenvalue weighted by Gasteiger charge is 2.16. The Morgan fingerprint density at radius 1 is 1.00 bits per heavy atom. The Hall–Kier alpha value is -3.04. The number of carbonyl (C=O) groups is 3. The summed E-state index contributed by atoms with van der Waals surface area (Å²) in [4.78, 5) is 35.1. The van der Waals surface area contributed by atoms with E-state index in [4.69, 9.17) is 9.47 Å². The molecule has 0 aliphatic rings. The quantitative estimate of drug-likeness (QED) is 0.462. The minimum Gasteiger partial charge on any atom is -0.497 e. The van der Waals surface area contributed by atoms with E-state index < -0.39 is 22.6 Å². The minimum atomic E-state index is -3.88. The van der Waals surface area contributed by atoms with E-state index in [9.17, 15) is 22.8 Å². The first-order valence-corrected chi connectivity index (χ1v) is 10.1. The Morgan fingerprint density at radius 2 is 1.69 bits per heavy atom. The highest BCUT2D eigenvalue weighted by molar-refractivity contribution is 7.89. The Balaban J connectivity index is 1.82. The molecule has 0 heterocycles. The van der Waals surface area contributed by atoms with Crippen molar-refractivity contribution in [3.8, 4) is 5.75 Å². The smallest absolute Gasteiger partial charge is 0.307 e. The van der Waals surface area contributed by atoms with Crippen molar-refractivity contribution in [2.45, 2.75) is 18.2 Å². The van der Waals surface area contributed by atoms with Crippen LogP contribution < -0.4 is 9.46 Å². The van der Waals surface area contributed by atoms with Gasteiger partial charge < -0.3 is 9.47 Å². The van der Waals surface area contributed by atoms with Crippen molar-refractivity contribution >= 4 is 27.6 Å². The van der Waals surface area contributed by atoms with E-state index >= 15 is 0 Å². The first-order chi connectivity index (χ1) is 13.7. The molecular formula is C20H21NO7S. The normalized spacial score (nSPS) is 11.0. The summed E-state index contributed by atoms with van der Waals surface area (Å²) in [6.07, 6.45) is -0.248. The zero-order valence-electron chi connectivity index (χ0n) is 16.0. The number of nitrogens with one attached hydrogen (secondary N) is 1. The number of benzene rings is 2. The second-order valence-corrected chi connectivity index (χ2v) is 7.81. The van der Waals surface area contributed by atoms with E-state index in [1.54, 1.807) is 24.3 Å². The first kappa shape index (κ1) is 22.3. The zero-order chi connectivity index (χ0) is 21.4. The van der Waals surface area contributed by atoms with Crippen molar-refractivity contribution in [3.05, 3.63) is 59.7 Å². The molecule has 0 bridgehead atoms. The Bertz CT molecular complexity index is 998. The molecule has 154 valence electrons. The topological polar surface area (TPSA) is 116 Å². The molecule has 0 saturated carbocycles. The van der Waals surface area contributed by atoms with Crippen LogP contribution in [0.3, 0.4) is 0 Å². The maximum atomic E-state index is 12.3. The fraction of sp³-hybridized carbons (Fsp3) is 0.250. The number of hydrogen-bond acceptors (Lipinski definition) is 7. The molecule has 1 N–H and O–H groups in total. The van der Waals surface area contributed by atoms with Crippen LogP contribution in [0.15, 0.2) is 53.4 Å². The molecule has 0 aliphatic heterocycles. The SMILES string of the molecule is COc1ccc(C(=O)COC(=O)CCNS(=O)(=O)c2cccc(C(C)=O)c2)cc1. The summed E-state index contributed by atoms with van der Waals surface area (Å²) in [7, 11) is -2.37.